The number of halogens is 1. The third-order valence-electron chi connectivity index (χ3n) is 4.35. The van der Waals surface area contributed by atoms with Crippen LogP contribution in [-0.4, -0.2) is 30.0 Å². The molecule has 0 bridgehead atoms. The van der Waals surface area contributed by atoms with Gasteiger partial charge in [-0.3, -0.25) is 24.6 Å². The molecule has 0 unspecified atom stereocenters. The third kappa shape index (κ3) is 3.74. The van der Waals surface area contributed by atoms with Crippen molar-refractivity contribution in [2.45, 2.75) is 6.61 Å². The number of nitrogens with zero attached hydrogens (tertiary/aromatic N) is 2. The zero-order valence-electron chi connectivity index (χ0n) is 14.8. The van der Waals surface area contributed by atoms with E-state index in [-0.39, 0.29) is 30.3 Å². The summed E-state index contributed by atoms with van der Waals surface area (Å²) >= 11 is 7.77. The van der Waals surface area contributed by atoms with E-state index in [1.54, 1.807) is 0 Å². The lowest BCUT2D eigenvalue weighted by molar-refractivity contribution is -0.384. The van der Waals surface area contributed by atoms with Crippen molar-refractivity contribution in [3.63, 3.8) is 0 Å². The van der Waals surface area contributed by atoms with Gasteiger partial charge < -0.3 is 9.47 Å². The van der Waals surface area contributed by atoms with Crippen LogP contribution in [0.15, 0.2) is 42.5 Å². The quantitative estimate of drug-likeness (QED) is 0.344. The van der Waals surface area contributed by atoms with Gasteiger partial charge in [-0.05, 0) is 12.1 Å². The number of benzene rings is 2. The van der Waals surface area contributed by atoms with Gasteiger partial charge in [0.2, 0.25) is 0 Å². The number of amides is 1. The average Bonchev–Trinajstić information content (AvgIpc) is 3.04. The summed E-state index contributed by atoms with van der Waals surface area (Å²) in [7, 11) is 0. The highest BCUT2D eigenvalue weighted by atomic mass is 35.5. The van der Waals surface area contributed by atoms with Crippen LogP contribution in [0.25, 0.3) is 10.1 Å². The fraction of sp³-hybridized carbons (Fsp3) is 0.158. The number of anilines is 1. The van der Waals surface area contributed by atoms with E-state index >= 15 is 0 Å². The van der Waals surface area contributed by atoms with Crippen LogP contribution in [0.5, 0.6) is 5.75 Å². The lowest BCUT2D eigenvalue weighted by Gasteiger charge is -2.28. The van der Waals surface area contributed by atoms with Crippen LogP contribution in [-0.2, 0) is 20.9 Å². The lowest BCUT2D eigenvalue weighted by atomic mass is 10.2. The molecule has 148 valence electrons. The third-order valence-corrected chi connectivity index (χ3v) is 6.04. The number of nitro benzene ring substituents is 1. The average molecular weight is 433 g/mol. The Balaban J connectivity index is 1.49. The maximum atomic E-state index is 12.4. The molecule has 1 aliphatic rings. The number of rotatable bonds is 5. The second-order valence-electron chi connectivity index (χ2n) is 6.17. The molecule has 8 nitrogen and oxygen atoms in total. The van der Waals surface area contributed by atoms with E-state index < -0.39 is 23.3 Å². The molecule has 2 heterocycles. The second kappa shape index (κ2) is 7.69. The molecule has 1 amide bonds. The first-order valence-electron chi connectivity index (χ1n) is 8.47. The van der Waals surface area contributed by atoms with Gasteiger partial charge in [0.15, 0.2) is 6.61 Å². The number of nitro groups is 1. The van der Waals surface area contributed by atoms with Gasteiger partial charge in [0.25, 0.3) is 11.6 Å². The molecule has 3 aromatic rings. The molecule has 0 saturated heterocycles. The number of carbonyl (C=O) groups excluding carboxylic acids is 2. The van der Waals surface area contributed by atoms with E-state index in [1.807, 2.05) is 24.3 Å². The van der Waals surface area contributed by atoms with E-state index in [9.17, 15) is 19.7 Å². The number of fused-ring (bicyclic) bond motifs is 2. The molecular weight excluding hydrogens is 420 g/mol. The topological polar surface area (TPSA) is 99.0 Å². The van der Waals surface area contributed by atoms with Crippen LogP contribution in [0.3, 0.4) is 0 Å². The fourth-order valence-corrected chi connectivity index (χ4v) is 4.36. The van der Waals surface area contributed by atoms with Crippen molar-refractivity contribution in [3.8, 4) is 5.75 Å². The Bertz CT molecular complexity index is 1140. The highest BCUT2D eigenvalue weighted by molar-refractivity contribution is 7.19. The zero-order valence-corrected chi connectivity index (χ0v) is 16.4. The van der Waals surface area contributed by atoms with Gasteiger partial charge in [-0.1, -0.05) is 29.8 Å². The molecule has 10 heteroatoms. The van der Waals surface area contributed by atoms with E-state index in [0.29, 0.717) is 9.90 Å². The van der Waals surface area contributed by atoms with Crippen LogP contribution in [0.4, 0.5) is 11.4 Å². The Morgan fingerprint density at radius 1 is 1.31 bits per heavy atom. The highest BCUT2D eigenvalue weighted by Crippen LogP contribution is 2.36. The van der Waals surface area contributed by atoms with E-state index in [1.165, 1.54) is 29.5 Å². The van der Waals surface area contributed by atoms with Crippen molar-refractivity contribution in [1.82, 2.24) is 0 Å². The summed E-state index contributed by atoms with van der Waals surface area (Å²) in [6, 6.07) is 11.4. The van der Waals surface area contributed by atoms with Gasteiger partial charge in [-0.15, -0.1) is 11.3 Å². The molecule has 1 aromatic heterocycles. The van der Waals surface area contributed by atoms with Gasteiger partial charge in [0.05, 0.1) is 20.5 Å². The number of hydrogen-bond acceptors (Lipinski definition) is 7. The Morgan fingerprint density at radius 3 is 2.86 bits per heavy atom. The monoisotopic (exact) mass is 432 g/mol. The summed E-state index contributed by atoms with van der Waals surface area (Å²) in [5.41, 5.74) is -0.0511. The zero-order chi connectivity index (χ0) is 20.5. The Labute approximate surface area is 173 Å². The fourth-order valence-electron chi connectivity index (χ4n) is 2.96. The van der Waals surface area contributed by atoms with Gasteiger partial charge in [0.1, 0.15) is 18.9 Å². The number of thiophene rings is 1. The largest absolute Gasteiger partial charge is 0.482 e. The van der Waals surface area contributed by atoms with Crippen molar-refractivity contribution in [3.05, 3.63) is 62.5 Å². The first-order chi connectivity index (χ1) is 13.9. The van der Waals surface area contributed by atoms with Crippen molar-refractivity contribution in [1.29, 1.82) is 0 Å². The molecule has 0 aliphatic carbocycles. The predicted octanol–water partition coefficient (Wildman–Crippen LogP) is 3.93. The van der Waals surface area contributed by atoms with Crippen molar-refractivity contribution < 1.29 is 24.0 Å². The standard InChI is InChI=1S/C19H13ClN2O6S/c20-19-12-3-1-2-4-15(12)29-16(19)9-28-18(24)8-21-13-7-11(22(25)26)5-6-14(13)27-10-17(21)23/h1-7H,8-10H2. The lowest BCUT2D eigenvalue weighted by Crippen LogP contribution is -2.42. The second-order valence-corrected chi connectivity index (χ2v) is 7.69. The summed E-state index contributed by atoms with van der Waals surface area (Å²) in [5, 5.41) is 12.4. The molecule has 0 saturated carbocycles. The number of ether oxygens (including phenoxy) is 2. The maximum absolute atomic E-state index is 12.4. The molecule has 29 heavy (non-hydrogen) atoms. The number of hydrogen-bond donors (Lipinski definition) is 0. The molecule has 0 atom stereocenters. The van der Waals surface area contributed by atoms with Crippen LogP contribution in [0.2, 0.25) is 5.02 Å². The molecule has 0 N–H and O–H groups in total. The van der Waals surface area contributed by atoms with Crippen LogP contribution >= 0.6 is 22.9 Å². The minimum atomic E-state index is -0.661. The molecule has 2 aromatic carbocycles. The molecule has 1 aliphatic heterocycles. The highest BCUT2D eigenvalue weighted by Gasteiger charge is 2.29. The van der Waals surface area contributed by atoms with E-state index in [2.05, 4.69) is 0 Å². The van der Waals surface area contributed by atoms with Gasteiger partial charge in [-0.2, -0.15) is 0 Å². The van der Waals surface area contributed by atoms with Crippen molar-refractivity contribution in [2.24, 2.45) is 0 Å². The Hall–Kier alpha value is -3.17. The molecule has 0 fully saturated rings. The van der Waals surface area contributed by atoms with Gasteiger partial charge >= 0.3 is 5.97 Å². The number of esters is 1. The minimum Gasteiger partial charge on any atom is -0.482 e. The van der Waals surface area contributed by atoms with Crippen LogP contribution < -0.4 is 9.64 Å². The van der Waals surface area contributed by atoms with Crippen molar-refractivity contribution in [2.75, 3.05) is 18.1 Å². The molecule has 0 spiro atoms. The van der Waals surface area contributed by atoms with Crippen molar-refractivity contribution >= 4 is 56.3 Å². The molecule has 4 rings (SSSR count). The van der Waals surface area contributed by atoms with Gasteiger partial charge in [0, 0.05) is 22.2 Å². The Morgan fingerprint density at radius 2 is 2.10 bits per heavy atom. The SMILES string of the molecule is O=C(CN1C(=O)COc2ccc([N+](=O)[O-])cc21)OCc1sc2ccccc2c1Cl. The minimum absolute atomic E-state index is 0.0304. The normalized spacial score (nSPS) is 13.1. The summed E-state index contributed by atoms with van der Waals surface area (Å²) in [5.74, 6) is -0.864. The molecule has 0 radical (unpaired) electrons. The maximum Gasteiger partial charge on any atom is 0.326 e. The molecular formula is C19H13ClN2O6S. The summed E-state index contributed by atoms with van der Waals surface area (Å²) in [6.07, 6.45) is 0. The summed E-state index contributed by atoms with van der Waals surface area (Å²) in [4.78, 5) is 36.8. The van der Waals surface area contributed by atoms with Gasteiger partial charge in [-0.25, -0.2) is 0 Å². The summed E-state index contributed by atoms with van der Waals surface area (Å²) in [6.45, 7) is -0.684. The first-order valence-corrected chi connectivity index (χ1v) is 9.66. The van der Waals surface area contributed by atoms with Crippen LogP contribution in [0.1, 0.15) is 4.88 Å². The van der Waals surface area contributed by atoms with Crippen LogP contribution in [0, 0.1) is 10.1 Å². The number of non-ortho nitro benzene ring substituents is 1. The van der Waals surface area contributed by atoms with E-state index in [0.717, 1.165) is 15.0 Å². The summed E-state index contributed by atoms with van der Waals surface area (Å²) < 4.78 is 11.6. The number of carbonyl (C=O) groups is 2. The first kappa shape index (κ1) is 19.2. The predicted molar refractivity (Wildman–Crippen MR) is 108 cm³/mol. The Kier molecular flexibility index (Phi) is 5.08. The smallest absolute Gasteiger partial charge is 0.326 e. The van der Waals surface area contributed by atoms with E-state index in [4.69, 9.17) is 21.1 Å².